The first kappa shape index (κ1) is 24.2. The molecule has 1 saturated carbocycles. The van der Waals surface area contributed by atoms with E-state index in [9.17, 15) is 4.79 Å². The zero-order chi connectivity index (χ0) is 22.2. The van der Waals surface area contributed by atoms with E-state index in [0.29, 0.717) is 24.3 Å². The molecule has 0 radical (unpaired) electrons. The number of nitrogens with one attached hydrogen (secondary N) is 2. The van der Waals surface area contributed by atoms with Gasteiger partial charge in [0, 0.05) is 25.0 Å². The number of benzene rings is 1. The van der Waals surface area contributed by atoms with Gasteiger partial charge in [0.1, 0.15) is 5.78 Å². The summed E-state index contributed by atoms with van der Waals surface area (Å²) < 4.78 is 0. The van der Waals surface area contributed by atoms with Crippen LogP contribution in [-0.2, 0) is 11.3 Å². The molecule has 2 aliphatic rings. The van der Waals surface area contributed by atoms with E-state index >= 15 is 0 Å². The second-order valence-electron chi connectivity index (χ2n) is 9.69. The maximum Gasteiger partial charge on any atom is 0.139 e. The average Bonchev–Trinajstić information content (AvgIpc) is 3.34. The van der Waals surface area contributed by atoms with Crippen LogP contribution in [0.1, 0.15) is 82.4 Å². The fourth-order valence-electron chi connectivity index (χ4n) is 5.37. The Balaban J connectivity index is 1.75. The van der Waals surface area contributed by atoms with E-state index in [-0.39, 0.29) is 18.0 Å². The normalized spacial score (nSPS) is 22.9. The van der Waals surface area contributed by atoms with Crippen molar-refractivity contribution >= 4 is 5.78 Å². The molecule has 0 aromatic heterocycles. The molecular formula is C27H43N3O. The van der Waals surface area contributed by atoms with Crippen LogP contribution in [0.3, 0.4) is 0 Å². The Morgan fingerprint density at radius 2 is 1.90 bits per heavy atom. The molecule has 172 valence electrons. The molecule has 0 spiro atoms. The van der Waals surface area contributed by atoms with E-state index in [1.807, 2.05) is 13.0 Å². The Bertz CT molecular complexity index is 689. The molecular weight excluding hydrogens is 382 g/mol. The SMILES string of the molecule is C=CC(C)C(C(=O)CC)C(NC1CCCCC1)N(C)Cc1ccc(C2CCCN2)cc1. The van der Waals surface area contributed by atoms with Crippen molar-refractivity contribution in [3.8, 4) is 0 Å². The van der Waals surface area contributed by atoms with Gasteiger partial charge in [0.2, 0.25) is 0 Å². The van der Waals surface area contributed by atoms with Crippen molar-refractivity contribution in [1.82, 2.24) is 15.5 Å². The molecule has 1 aromatic carbocycles. The predicted molar refractivity (Wildman–Crippen MR) is 130 cm³/mol. The molecule has 0 amide bonds. The molecule has 4 nitrogen and oxygen atoms in total. The Morgan fingerprint density at radius 3 is 2.48 bits per heavy atom. The van der Waals surface area contributed by atoms with E-state index in [4.69, 9.17) is 0 Å². The fraction of sp³-hybridized carbons (Fsp3) is 0.667. The summed E-state index contributed by atoms with van der Waals surface area (Å²) in [5, 5.41) is 7.49. The summed E-state index contributed by atoms with van der Waals surface area (Å²) in [6.07, 6.45) is 11.4. The molecule has 1 aromatic rings. The topological polar surface area (TPSA) is 44.4 Å². The fourth-order valence-corrected chi connectivity index (χ4v) is 5.37. The van der Waals surface area contributed by atoms with Gasteiger partial charge in [0.05, 0.1) is 12.1 Å². The summed E-state index contributed by atoms with van der Waals surface area (Å²) in [6.45, 7) is 10.1. The molecule has 4 unspecified atom stereocenters. The third kappa shape index (κ3) is 6.50. The Hall–Kier alpha value is -1.49. The Morgan fingerprint density at radius 1 is 1.19 bits per heavy atom. The zero-order valence-corrected chi connectivity index (χ0v) is 19.9. The molecule has 1 heterocycles. The summed E-state index contributed by atoms with van der Waals surface area (Å²) in [5.74, 6) is 0.401. The van der Waals surface area contributed by atoms with Crippen LogP contribution in [0, 0.1) is 11.8 Å². The number of hydrogen-bond donors (Lipinski definition) is 2. The van der Waals surface area contributed by atoms with Gasteiger partial charge in [-0.2, -0.15) is 0 Å². The first-order valence-corrected chi connectivity index (χ1v) is 12.5. The van der Waals surface area contributed by atoms with Gasteiger partial charge in [-0.25, -0.2) is 0 Å². The number of allylic oxidation sites excluding steroid dienone is 1. The van der Waals surface area contributed by atoms with Crippen molar-refractivity contribution < 1.29 is 4.79 Å². The van der Waals surface area contributed by atoms with E-state index in [2.05, 4.69) is 60.3 Å². The Labute approximate surface area is 189 Å². The third-order valence-electron chi connectivity index (χ3n) is 7.36. The molecule has 1 aliphatic carbocycles. The van der Waals surface area contributed by atoms with E-state index in [1.165, 1.54) is 56.1 Å². The average molecular weight is 426 g/mol. The zero-order valence-electron chi connectivity index (χ0n) is 19.9. The second kappa shape index (κ2) is 11.9. The van der Waals surface area contributed by atoms with Gasteiger partial charge >= 0.3 is 0 Å². The highest BCUT2D eigenvalue weighted by Gasteiger charge is 2.35. The van der Waals surface area contributed by atoms with Gasteiger partial charge in [-0.1, -0.05) is 63.5 Å². The van der Waals surface area contributed by atoms with Crippen LogP contribution in [0.15, 0.2) is 36.9 Å². The van der Waals surface area contributed by atoms with Crippen molar-refractivity contribution in [2.75, 3.05) is 13.6 Å². The second-order valence-corrected chi connectivity index (χ2v) is 9.69. The molecule has 31 heavy (non-hydrogen) atoms. The summed E-state index contributed by atoms with van der Waals surface area (Å²) in [7, 11) is 2.17. The lowest BCUT2D eigenvalue weighted by Gasteiger charge is -2.40. The molecule has 4 heteroatoms. The lowest BCUT2D eigenvalue weighted by atomic mass is 9.84. The van der Waals surface area contributed by atoms with Crippen molar-refractivity contribution in [1.29, 1.82) is 0 Å². The van der Waals surface area contributed by atoms with Crippen molar-refractivity contribution in [3.63, 3.8) is 0 Å². The quantitative estimate of drug-likeness (QED) is 0.377. The van der Waals surface area contributed by atoms with Gasteiger partial charge in [0.15, 0.2) is 0 Å². The molecule has 0 bridgehead atoms. The van der Waals surface area contributed by atoms with Crippen LogP contribution >= 0.6 is 0 Å². The van der Waals surface area contributed by atoms with Crippen LogP contribution in [0.25, 0.3) is 0 Å². The minimum atomic E-state index is -0.0728. The number of ketones is 1. The lowest BCUT2D eigenvalue weighted by Crippen LogP contribution is -2.55. The number of hydrogen-bond acceptors (Lipinski definition) is 4. The maximum absolute atomic E-state index is 13.0. The van der Waals surface area contributed by atoms with Crippen molar-refractivity contribution in [3.05, 3.63) is 48.0 Å². The summed E-state index contributed by atoms with van der Waals surface area (Å²) in [5.41, 5.74) is 2.69. The number of carbonyl (C=O) groups excluding carboxylic acids is 1. The van der Waals surface area contributed by atoms with Gasteiger partial charge < -0.3 is 5.32 Å². The van der Waals surface area contributed by atoms with E-state index in [1.54, 1.807) is 0 Å². The van der Waals surface area contributed by atoms with Gasteiger partial charge in [-0.05, 0) is 56.3 Å². The smallest absolute Gasteiger partial charge is 0.139 e. The van der Waals surface area contributed by atoms with Gasteiger partial charge in [-0.3, -0.25) is 15.0 Å². The van der Waals surface area contributed by atoms with E-state index < -0.39 is 0 Å². The largest absolute Gasteiger partial charge is 0.310 e. The van der Waals surface area contributed by atoms with Gasteiger partial charge in [0.25, 0.3) is 0 Å². The monoisotopic (exact) mass is 425 g/mol. The maximum atomic E-state index is 13.0. The summed E-state index contributed by atoms with van der Waals surface area (Å²) in [6, 6.07) is 10.1. The van der Waals surface area contributed by atoms with Crippen molar-refractivity contribution in [2.24, 2.45) is 11.8 Å². The number of Topliss-reactive ketones (excluding diaryl/α,β-unsaturated/α-hetero) is 1. The van der Waals surface area contributed by atoms with Gasteiger partial charge in [-0.15, -0.1) is 6.58 Å². The Kier molecular flexibility index (Phi) is 9.30. The summed E-state index contributed by atoms with van der Waals surface area (Å²) >= 11 is 0. The summed E-state index contributed by atoms with van der Waals surface area (Å²) in [4.78, 5) is 15.4. The molecule has 2 fully saturated rings. The number of nitrogens with zero attached hydrogens (tertiary/aromatic N) is 1. The first-order valence-electron chi connectivity index (χ1n) is 12.5. The first-order chi connectivity index (χ1) is 15.0. The highest BCUT2D eigenvalue weighted by Crippen LogP contribution is 2.27. The lowest BCUT2D eigenvalue weighted by molar-refractivity contribution is -0.126. The van der Waals surface area contributed by atoms with Crippen molar-refractivity contribution in [2.45, 2.75) is 90.0 Å². The minimum absolute atomic E-state index is 0.0275. The number of rotatable bonds is 11. The standard InChI is InChI=1S/C27H43N3O/c1-5-20(3)26(25(31)6-2)27(29-23-11-8-7-9-12-23)30(4)19-21-14-16-22(17-15-21)24-13-10-18-28-24/h5,14-17,20,23-24,26-29H,1,6-13,18-19H2,2-4H3. The molecule has 4 atom stereocenters. The third-order valence-corrected chi connectivity index (χ3v) is 7.36. The number of carbonyl (C=O) groups is 1. The molecule has 1 saturated heterocycles. The molecule has 1 aliphatic heterocycles. The van der Waals surface area contributed by atoms with E-state index in [0.717, 1.165) is 13.1 Å². The van der Waals surface area contributed by atoms with Crippen LogP contribution < -0.4 is 10.6 Å². The van der Waals surface area contributed by atoms with Crippen LogP contribution in [0.4, 0.5) is 0 Å². The van der Waals surface area contributed by atoms with Crippen LogP contribution in [0.5, 0.6) is 0 Å². The minimum Gasteiger partial charge on any atom is -0.310 e. The predicted octanol–water partition coefficient (Wildman–Crippen LogP) is 5.21. The highest BCUT2D eigenvalue weighted by atomic mass is 16.1. The highest BCUT2D eigenvalue weighted by molar-refractivity contribution is 5.81. The van der Waals surface area contributed by atoms with Crippen LogP contribution in [0.2, 0.25) is 0 Å². The molecule has 2 N–H and O–H groups in total. The molecule has 3 rings (SSSR count). The van der Waals surface area contributed by atoms with Crippen LogP contribution in [-0.4, -0.2) is 36.5 Å².